The number of imidazole rings is 3. The second-order valence-corrected chi connectivity index (χ2v) is 30.2. The molecule has 0 spiro atoms. The Morgan fingerprint density at radius 3 is 1.05 bits per heavy atom. The first-order valence-electron chi connectivity index (χ1n) is 40.5. The maximum absolute atomic E-state index is 4.96. The van der Waals surface area contributed by atoms with Gasteiger partial charge in [-0.3, -0.25) is 29.9 Å². The number of hydrogen-bond acceptors (Lipinski definition) is 9. The second-order valence-electron chi connectivity index (χ2n) is 30.2. The fourth-order valence-corrected chi connectivity index (χ4v) is 17.1. The molecule has 0 radical (unpaired) electrons. The van der Waals surface area contributed by atoms with Gasteiger partial charge in [0.25, 0.3) is 0 Å². The standard InChI is InChI=1S/3C36H23N5.3Pt/c1-40-32-15-3-2-14-31(32)39-36(40)25-17-18-29-34(22-25)41(27-11-6-9-24(21-27)30-13-4-5-20-38-30)33-16-7-12-28(35(29)33)26-10-8-19-37-23-26;1-40-34-13-3-2-12-32(34)39-36(40)26-14-16-29-30-21-24(27-9-7-18-37-23-27)15-17-33(30)41(35(29)22-26)28-10-6-8-25(20-28)31-11-4-5-19-38-31;1-40-33-13-3-2-12-32(33)39-36(40)26-15-17-30-29-16-14-24(27-9-7-18-37-23-27)21-34(29)41(35(30)22-26)28-10-6-8-25(20-28)31-11-4-5-19-38-31;;;/h2-20,23H,1H3;2*2-19,21,23H,1H3;;;/q3*-2;3*+2. The largest absolute Gasteiger partial charge is 2.00 e. The average Bonchev–Trinajstić information content (AvgIpc) is 1.59. The predicted molar refractivity (Wildman–Crippen MR) is 494 cm³/mol. The van der Waals surface area contributed by atoms with Crippen molar-refractivity contribution in [1.29, 1.82) is 0 Å². The Kier molecular flexibility index (Phi) is 22.3. The summed E-state index contributed by atoms with van der Waals surface area (Å²) in [6.45, 7) is 0. The van der Waals surface area contributed by atoms with Crippen LogP contribution in [0.3, 0.4) is 0 Å². The monoisotopic (exact) mass is 2160 g/mol. The Morgan fingerprint density at radius 1 is 0.238 bits per heavy atom. The van der Waals surface area contributed by atoms with Crippen molar-refractivity contribution in [3.8, 4) is 118 Å². The van der Waals surface area contributed by atoms with Crippen molar-refractivity contribution < 1.29 is 63.2 Å². The smallest absolute Gasteiger partial charge is 0.367 e. The number of rotatable bonds is 12. The van der Waals surface area contributed by atoms with Gasteiger partial charge in [-0.1, -0.05) is 144 Å². The van der Waals surface area contributed by atoms with Crippen LogP contribution in [0.15, 0.2) is 365 Å². The van der Waals surface area contributed by atoms with Crippen molar-refractivity contribution >= 4 is 98.5 Å². The van der Waals surface area contributed by atoms with E-state index in [1.165, 1.54) is 0 Å². The quantitative estimate of drug-likeness (QED) is 0.109. The summed E-state index contributed by atoms with van der Waals surface area (Å²) in [5.41, 5.74) is 30.0. The summed E-state index contributed by atoms with van der Waals surface area (Å²) in [5.74, 6) is 2.64. The van der Waals surface area contributed by atoms with E-state index in [0.29, 0.717) is 0 Å². The van der Waals surface area contributed by atoms with Gasteiger partial charge >= 0.3 is 63.2 Å². The zero-order valence-corrected chi connectivity index (χ0v) is 74.6. The normalized spacial score (nSPS) is 11.3. The molecule has 0 amide bonds. The Labute approximate surface area is 768 Å². The minimum absolute atomic E-state index is 0. The van der Waals surface area contributed by atoms with E-state index in [-0.39, 0.29) is 63.2 Å². The third kappa shape index (κ3) is 14.7. The van der Waals surface area contributed by atoms with Crippen molar-refractivity contribution in [1.82, 2.24) is 72.3 Å². The molecule has 24 aromatic rings. The van der Waals surface area contributed by atoms with E-state index in [1.54, 1.807) is 12.4 Å². The average molecular weight is 2160 g/mol. The van der Waals surface area contributed by atoms with E-state index in [1.807, 2.05) is 171 Å². The van der Waals surface area contributed by atoms with Crippen LogP contribution >= 0.6 is 0 Å². The Balaban J connectivity index is 0.000000122. The van der Waals surface area contributed by atoms with Gasteiger partial charge in [-0.25, -0.2) is 0 Å². The van der Waals surface area contributed by atoms with Gasteiger partial charge in [0.05, 0.1) is 50.6 Å². The molecule has 126 heavy (non-hydrogen) atoms. The first-order valence-corrected chi connectivity index (χ1v) is 40.5. The molecule has 0 saturated carbocycles. The van der Waals surface area contributed by atoms with Crippen molar-refractivity contribution in [3.63, 3.8) is 0 Å². The molecule has 0 N–H and O–H groups in total. The molecule has 24 rings (SSSR count). The van der Waals surface area contributed by atoms with Crippen LogP contribution in [0.25, 0.3) is 217 Å². The Morgan fingerprint density at radius 2 is 0.611 bits per heavy atom. The summed E-state index contributed by atoms with van der Waals surface area (Å²) in [5, 5.41) is 6.79. The molecule has 606 valence electrons. The van der Waals surface area contributed by atoms with Crippen molar-refractivity contribution in [2.75, 3.05) is 0 Å². The van der Waals surface area contributed by atoms with E-state index in [9.17, 15) is 0 Å². The maximum atomic E-state index is 4.96. The number of fused-ring (bicyclic) bond motifs is 12. The van der Waals surface area contributed by atoms with Gasteiger partial charge in [0, 0.05) is 99.0 Å². The molecule has 15 nitrogen and oxygen atoms in total. The summed E-state index contributed by atoms with van der Waals surface area (Å²) in [6.07, 6.45) is 16.6. The van der Waals surface area contributed by atoms with Crippen LogP contribution in [0.1, 0.15) is 0 Å². The number of pyridine rings is 6. The Bertz CT molecular complexity index is 8000. The third-order valence-corrected chi connectivity index (χ3v) is 23.0. The molecule has 12 aromatic carbocycles. The number of hydrogen-bond donors (Lipinski definition) is 0. The molecule has 12 aromatic heterocycles. The molecule has 0 bridgehead atoms. The number of para-hydroxylation sites is 6. The fourth-order valence-electron chi connectivity index (χ4n) is 17.1. The van der Waals surface area contributed by atoms with E-state index < -0.39 is 0 Å². The summed E-state index contributed by atoms with van der Waals surface area (Å²) in [4.78, 5) is 41.6. The molecular formula is C108H69N15Pt3. The molecular weight excluding hydrogens is 2090 g/mol. The molecule has 0 aliphatic carbocycles. The first kappa shape index (κ1) is 81.1. The van der Waals surface area contributed by atoms with Crippen molar-refractivity contribution in [3.05, 3.63) is 402 Å². The summed E-state index contributed by atoms with van der Waals surface area (Å²) in [6, 6.07) is 128. The van der Waals surface area contributed by atoms with Crippen molar-refractivity contribution in [2.45, 2.75) is 0 Å². The number of aryl methyl sites for hydroxylation is 3. The third-order valence-electron chi connectivity index (χ3n) is 23.0. The number of aromatic nitrogens is 15. The molecule has 0 atom stereocenters. The molecule has 0 fully saturated rings. The summed E-state index contributed by atoms with van der Waals surface area (Å²) >= 11 is 0. The first-order chi connectivity index (χ1) is 60.7. The van der Waals surface area contributed by atoms with E-state index in [4.69, 9.17) is 15.0 Å². The van der Waals surface area contributed by atoms with E-state index in [2.05, 4.69) is 297 Å². The van der Waals surface area contributed by atoms with E-state index >= 15 is 0 Å². The van der Waals surface area contributed by atoms with Gasteiger partial charge in [-0.2, -0.15) is 0 Å². The second kappa shape index (κ2) is 34.6. The van der Waals surface area contributed by atoms with Gasteiger partial charge in [0.1, 0.15) is 0 Å². The minimum atomic E-state index is 0. The molecule has 0 saturated heterocycles. The van der Waals surface area contributed by atoms with Crippen LogP contribution in [-0.2, 0) is 84.3 Å². The van der Waals surface area contributed by atoms with Crippen LogP contribution in [0, 0.1) is 36.4 Å². The van der Waals surface area contributed by atoms with Crippen LogP contribution in [0.4, 0.5) is 0 Å². The van der Waals surface area contributed by atoms with E-state index in [0.717, 1.165) is 217 Å². The molecule has 0 aliphatic rings. The number of benzene rings is 12. The number of nitrogens with zero attached hydrogens (tertiary/aromatic N) is 15. The van der Waals surface area contributed by atoms with Gasteiger partial charge in [0.2, 0.25) is 0 Å². The van der Waals surface area contributed by atoms with Crippen LogP contribution < -0.4 is 0 Å². The summed E-state index contributed by atoms with van der Waals surface area (Å²) < 4.78 is 13.2. The van der Waals surface area contributed by atoms with Crippen LogP contribution in [0.5, 0.6) is 0 Å². The molecule has 18 heteroatoms. The van der Waals surface area contributed by atoms with Gasteiger partial charge in [-0.05, 0) is 186 Å². The minimum Gasteiger partial charge on any atom is -0.367 e. The van der Waals surface area contributed by atoms with Gasteiger partial charge < -0.3 is 42.4 Å². The predicted octanol–water partition coefficient (Wildman–Crippen LogP) is 24.2. The maximum Gasteiger partial charge on any atom is 2.00 e. The van der Waals surface area contributed by atoms with Gasteiger partial charge in [0.15, 0.2) is 0 Å². The fraction of sp³-hybridized carbons (Fsp3) is 0.0278. The topological polar surface area (TPSA) is 146 Å². The van der Waals surface area contributed by atoms with Gasteiger partial charge in [-0.15, -0.1) is 161 Å². The molecule has 0 aliphatic heterocycles. The zero-order chi connectivity index (χ0) is 82.0. The van der Waals surface area contributed by atoms with Crippen LogP contribution in [0.2, 0.25) is 0 Å². The van der Waals surface area contributed by atoms with Crippen molar-refractivity contribution in [2.24, 2.45) is 21.1 Å². The molecule has 0 unspecified atom stereocenters. The zero-order valence-electron chi connectivity index (χ0n) is 67.8. The molecule has 12 heterocycles. The SMILES string of the molecule is Cn1c(-c2[c-]c3c(cc2)c2c(-c4cccnc4)cccc2n3-c2[c-]c(-c3ccccn3)ccc2)nc2ccccc21.Cn1c(-c2[c-]c3c(cc2)c2cc(-c4cccnc4)ccc2n3-c2[c-]c(-c3ccccn3)ccc2)nc2ccccc21.Cn1c(-c2[c-]c3c(cc2)c2ccc(-c4cccnc4)cc2n3-c2[c-]c(-c3ccccn3)ccc2)nc2ccccc21.[Pt+2].[Pt+2].[Pt+2]. The van der Waals surface area contributed by atoms with Crippen LogP contribution in [-0.4, -0.2) is 72.3 Å². The summed E-state index contributed by atoms with van der Waals surface area (Å²) in [7, 11) is 6.17. The Hall–Kier alpha value is -14.6.